The van der Waals surface area contributed by atoms with Crippen LogP contribution in [0, 0.1) is 0 Å². The Morgan fingerprint density at radius 3 is 2.67 bits per heavy atom. The van der Waals surface area contributed by atoms with Gasteiger partial charge in [0.2, 0.25) is 0 Å². The van der Waals surface area contributed by atoms with E-state index in [-0.39, 0.29) is 23.5 Å². The van der Waals surface area contributed by atoms with Gasteiger partial charge in [-0.1, -0.05) is 6.92 Å². The Balaban J connectivity index is 2.74. The molecule has 0 aliphatic heterocycles. The van der Waals surface area contributed by atoms with Gasteiger partial charge in [-0.3, -0.25) is 4.40 Å². The maximum atomic E-state index is 12.7. The topological polar surface area (TPSA) is 67.5 Å². The van der Waals surface area contributed by atoms with E-state index in [0.29, 0.717) is 0 Å². The molecule has 5 nitrogen and oxygen atoms in total. The molecule has 0 unspecified atom stereocenters. The van der Waals surface area contributed by atoms with E-state index in [1.165, 1.54) is 0 Å². The summed E-state index contributed by atoms with van der Waals surface area (Å²) in [4.78, 5) is 17.7. The molecule has 1 N–H and O–H groups in total. The average Bonchev–Trinajstić information content (AvgIpc) is 2.65. The molecule has 2 aromatic rings. The first-order valence-electron chi connectivity index (χ1n) is 5.02. The summed E-state index contributed by atoms with van der Waals surface area (Å²) in [6.45, 7) is 1.54. The van der Waals surface area contributed by atoms with Gasteiger partial charge in [0.15, 0.2) is 17.0 Å². The predicted molar refractivity (Wildman–Crippen MR) is 54.3 cm³/mol. The number of hydrogen-bond donors (Lipinski definition) is 1. The number of aryl methyl sites for hydroxylation is 1. The summed E-state index contributed by atoms with van der Waals surface area (Å²) in [5.41, 5.74) is -1.44. The number of aromatic carboxylic acids is 1. The second kappa shape index (κ2) is 3.97. The molecule has 0 spiro atoms. The van der Waals surface area contributed by atoms with Crippen LogP contribution in [0.2, 0.25) is 0 Å². The third-order valence-corrected chi connectivity index (χ3v) is 2.43. The van der Waals surface area contributed by atoms with Crippen LogP contribution in [0.4, 0.5) is 13.2 Å². The molecule has 0 saturated heterocycles. The molecule has 0 bridgehead atoms. The number of hydrogen-bond acceptors (Lipinski definition) is 3. The molecule has 2 heterocycles. The van der Waals surface area contributed by atoms with Crippen LogP contribution in [-0.4, -0.2) is 25.4 Å². The number of carboxylic acid groups (broad SMARTS) is 1. The van der Waals surface area contributed by atoms with E-state index >= 15 is 0 Å². The first-order valence-corrected chi connectivity index (χ1v) is 5.02. The quantitative estimate of drug-likeness (QED) is 0.895. The van der Waals surface area contributed by atoms with Crippen molar-refractivity contribution < 1.29 is 23.1 Å². The number of halogens is 3. The Bertz CT molecular complexity index is 619. The summed E-state index contributed by atoms with van der Waals surface area (Å²) in [6.07, 6.45) is -2.43. The van der Waals surface area contributed by atoms with Gasteiger partial charge in [0.25, 0.3) is 0 Å². The third kappa shape index (κ3) is 1.89. The van der Waals surface area contributed by atoms with Crippen LogP contribution < -0.4 is 0 Å². The van der Waals surface area contributed by atoms with Gasteiger partial charge in [-0.05, 0) is 6.42 Å². The lowest BCUT2D eigenvalue weighted by Gasteiger charge is -2.05. The standard InChI is InChI=1S/C10H8F3N3O2/c1-2-6-8(10(11,12)13)15-7-3-14-5(9(17)18)4-16(6)7/h3-4H,2H2,1H3,(H,17,18). The minimum atomic E-state index is -4.57. The fraction of sp³-hybridized carbons (Fsp3) is 0.300. The number of nitrogens with zero attached hydrogens (tertiary/aromatic N) is 3. The van der Waals surface area contributed by atoms with E-state index in [9.17, 15) is 18.0 Å². The van der Waals surface area contributed by atoms with E-state index in [0.717, 1.165) is 16.8 Å². The number of carboxylic acids is 1. The number of fused-ring (bicyclic) bond motifs is 1. The zero-order valence-electron chi connectivity index (χ0n) is 9.19. The highest BCUT2D eigenvalue weighted by Crippen LogP contribution is 2.32. The predicted octanol–water partition coefficient (Wildman–Crippen LogP) is 2.01. The van der Waals surface area contributed by atoms with Gasteiger partial charge >= 0.3 is 12.1 Å². The van der Waals surface area contributed by atoms with Crippen molar-refractivity contribution in [2.24, 2.45) is 0 Å². The monoisotopic (exact) mass is 259 g/mol. The van der Waals surface area contributed by atoms with Crippen LogP contribution in [0.25, 0.3) is 5.65 Å². The van der Waals surface area contributed by atoms with Gasteiger partial charge < -0.3 is 5.11 Å². The van der Waals surface area contributed by atoms with Crippen molar-refractivity contribution in [2.75, 3.05) is 0 Å². The average molecular weight is 259 g/mol. The molecule has 0 fully saturated rings. The summed E-state index contributed by atoms with van der Waals surface area (Å²) in [5.74, 6) is -1.30. The zero-order chi connectivity index (χ0) is 13.5. The number of carbonyl (C=O) groups is 1. The van der Waals surface area contributed by atoms with Crippen LogP contribution >= 0.6 is 0 Å². The summed E-state index contributed by atoms with van der Waals surface area (Å²) < 4.78 is 39.3. The zero-order valence-corrected chi connectivity index (χ0v) is 9.19. The van der Waals surface area contributed by atoms with E-state index in [4.69, 9.17) is 5.11 Å². The molecule has 0 saturated carbocycles. The van der Waals surface area contributed by atoms with Gasteiger partial charge in [-0.25, -0.2) is 14.8 Å². The van der Waals surface area contributed by atoms with E-state index < -0.39 is 17.8 Å². The molecule has 0 aliphatic rings. The minimum Gasteiger partial charge on any atom is -0.476 e. The van der Waals surface area contributed by atoms with Crippen molar-refractivity contribution in [1.82, 2.24) is 14.4 Å². The van der Waals surface area contributed by atoms with Crippen molar-refractivity contribution in [3.8, 4) is 0 Å². The van der Waals surface area contributed by atoms with Gasteiger partial charge in [0.1, 0.15) is 0 Å². The van der Waals surface area contributed by atoms with Crippen LogP contribution in [0.3, 0.4) is 0 Å². The molecule has 8 heteroatoms. The van der Waals surface area contributed by atoms with Gasteiger partial charge in [0, 0.05) is 6.20 Å². The minimum absolute atomic E-state index is 0.0239. The Kier molecular flexibility index (Phi) is 2.72. The molecule has 2 aromatic heterocycles. The van der Waals surface area contributed by atoms with Crippen molar-refractivity contribution in [2.45, 2.75) is 19.5 Å². The highest BCUT2D eigenvalue weighted by atomic mass is 19.4. The van der Waals surface area contributed by atoms with Crippen LogP contribution in [0.5, 0.6) is 0 Å². The molecule has 0 amide bonds. The Morgan fingerprint density at radius 1 is 1.50 bits per heavy atom. The Labute approximate surface area is 98.9 Å². The largest absolute Gasteiger partial charge is 0.476 e. The van der Waals surface area contributed by atoms with Gasteiger partial charge in [-0.15, -0.1) is 0 Å². The molecular formula is C10H8F3N3O2. The number of aromatic nitrogens is 3. The maximum absolute atomic E-state index is 12.7. The van der Waals surface area contributed by atoms with Crippen molar-refractivity contribution in [3.05, 3.63) is 29.5 Å². The molecule has 0 atom stereocenters. The smallest absolute Gasteiger partial charge is 0.435 e. The summed E-state index contributed by atoms with van der Waals surface area (Å²) in [7, 11) is 0. The molecule has 18 heavy (non-hydrogen) atoms. The summed E-state index contributed by atoms with van der Waals surface area (Å²) >= 11 is 0. The Morgan fingerprint density at radius 2 is 2.17 bits per heavy atom. The summed E-state index contributed by atoms with van der Waals surface area (Å²) in [5, 5.41) is 8.76. The number of alkyl halides is 3. The Hall–Kier alpha value is -2.12. The molecule has 0 aliphatic carbocycles. The first kappa shape index (κ1) is 12.3. The molecular weight excluding hydrogens is 251 g/mol. The van der Waals surface area contributed by atoms with Crippen molar-refractivity contribution >= 4 is 11.6 Å². The maximum Gasteiger partial charge on any atom is 0.435 e. The highest BCUT2D eigenvalue weighted by molar-refractivity contribution is 5.85. The fourth-order valence-electron chi connectivity index (χ4n) is 1.68. The van der Waals surface area contributed by atoms with Crippen LogP contribution in [0.15, 0.2) is 12.4 Å². The lowest BCUT2D eigenvalue weighted by molar-refractivity contribution is -0.141. The molecule has 0 radical (unpaired) electrons. The van der Waals surface area contributed by atoms with Crippen molar-refractivity contribution in [1.29, 1.82) is 0 Å². The summed E-state index contributed by atoms with van der Waals surface area (Å²) in [6, 6.07) is 0. The lowest BCUT2D eigenvalue weighted by Crippen LogP contribution is -2.09. The van der Waals surface area contributed by atoms with E-state index in [2.05, 4.69) is 9.97 Å². The van der Waals surface area contributed by atoms with Crippen molar-refractivity contribution in [3.63, 3.8) is 0 Å². The van der Waals surface area contributed by atoms with Crippen LogP contribution in [0.1, 0.15) is 28.8 Å². The van der Waals surface area contributed by atoms with Gasteiger partial charge in [0.05, 0.1) is 11.9 Å². The second-order valence-corrected chi connectivity index (χ2v) is 3.56. The molecule has 2 rings (SSSR count). The van der Waals surface area contributed by atoms with E-state index in [1.807, 2.05) is 0 Å². The van der Waals surface area contributed by atoms with Gasteiger partial charge in [-0.2, -0.15) is 13.2 Å². The molecule has 0 aromatic carbocycles. The highest BCUT2D eigenvalue weighted by Gasteiger charge is 2.37. The first-order chi connectivity index (χ1) is 8.34. The molecule has 96 valence electrons. The lowest BCUT2D eigenvalue weighted by atomic mass is 10.2. The van der Waals surface area contributed by atoms with E-state index in [1.54, 1.807) is 6.92 Å². The number of imidazole rings is 1. The third-order valence-electron chi connectivity index (χ3n) is 2.43. The number of rotatable bonds is 2. The second-order valence-electron chi connectivity index (χ2n) is 3.56. The SMILES string of the molecule is CCc1c(C(F)(F)F)nc2cnc(C(=O)O)cn12. The fourth-order valence-corrected chi connectivity index (χ4v) is 1.68. The van der Waals surface area contributed by atoms with Crippen LogP contribution in [-0.2, 0) is 12.6 Å². The normalized spacial score (nSPS) is 12.0.